The number of carbonyl (C=O) groups is 1. The molecule has 0 fully saturated rings. The van der Waals surface area contributed by atoms with E-state index in [0.29, 0.717) is 0 Å². The smallest absolute Gasteiger partial charge is 0.407 e. The van der Waals surface area contributed by atoms with Crippen molar-refractivity contribution in [1.29, 1.82) is 0 Å². The van der Waals surface area contributed by atoms with Gasteiger partial charge in [0.1, 0.15) is 0 Å². The maximum absolute atomic E-state index is 12.2. The molecule has 5 heteroatoms. The fourth-order valence-corrected chi connectivity index (χ4v) is 9.06. The van der Waals surface area contributed by atoms with Crippen LogP contribution in [0.2, 0.25) is 5.04 Å². The highest BCUT2D eigenvalue weighted by Crippen LogP contribution is 2.37. The lowest BCUT2D eigenvalue weighted by Crippen LogP contribution is -2.68. The maximum atomic E-state index is 12.2. The molecule has 4 nitrogen and oxygen atoms in total. The SMILES string of the molecule is COC(=O)N[C@H](/C=C/c1ccccc1)[C@H](C)O[Si](c1ccccc1)(c1ccccc1)C(C)(C)C. The van der Waals surface area contributed by atoms with Crippen LogP contribution in [-0.2, 0) is 9.16 Å². The van der Waals surface area contributed by atoms with Gasteiger partial charge in [-0.05, 0) is 27.9 Å². The number of carbonyl (C=O) groups excluding carboxylic acids is 1. The second kappa shape index (κ2) is 11.3. The van der Waals surface area contributed by atoms with E-state index in [1.54, 1.807) is 0 Å². The van der Waals surface area contributed by atoms with E-state index >= 15 is 0 Å². The highest BCUT2D eigenvalue weighted by Gasteiger charge is 2.51. The Balaban J connectivity index is 2.07. The molecule has 3 aromatic carbocycles. The third-order valence-electron chi connectivity index (χ3n) is 6.05. The molecule has 3 aromatic rings. The van der Waals surface area contributed by atoms with Gasteiger partial charge in [-0.15, -0.1) is 0 Å². The number of amides is 1. The Hall–Kier alpha value is -3.15. The normalized spacial score (nSPS) is 13.9. The maximum Gasteiger partial charge on any atom is 0.407 e. The van der Waals surface area contributed by atoms with Gasteiger partial charge in [0, 0.05) is 0 Å². The van der Waals surface area contributed by atoms with Gasteiger partial charge in [0.2, 0.25) is 0 Å². The second-order valence-corrected chi connectivity index (χ2v) is 13.7. The van der Waals surface area contributed by atoms with Gasteiger partial charge < -0.3 is 14.5 Å². The van der Waals surface area contributed by atoms with Crippen molar-refractivity contribution in [2.45, 2.75) is 44.9 Å². The number of ether oxygens (including phenoxy) is 1. The summed E-state index contributed by atoms with van der Waals surface area (Å²) in [7, 11) is -1.39. The molecule has 3 rings (SSSR count). The number of nitrogens with one attached hydrogen (secondary N) is 1. The van der Waals surface area contributed by atoms with Gasteiger partial charge in [-0.25, -0.2) is 4.79 Å². The number of benzene rings is 3. The first-order chi connectivity index (χ1) is 16.3. The molecule has 34 heavy (non-hydrogen) atoms. The number of alkyl carbamates (subject to hydrolysis) is 1. The Morgan fingerprint density at radius 2 is 1.32 bits per heavy atom. The number of methoxy groups -OCH3 is 1. The first-order valence-electron chi connectivity index (χ1n) is 11.6. The molecule has 0 bridgehead atoms. The highest BCUT2D eigenvalue weighted by molar-refractivity contribution is 6.99. The predicted octanol–water partition coefficient (Wildman–Crippen LogP) is 5.39. The van der Waals surface area contributed by atoms with Crippen LogP contribution in [0.1, 0.15) is 33.3 Å². The van der Waals surface area contributed by atoms with Gasteiger partial charge in [0.15, 0.2) is 0 Å². The lowest BCUT2D eigenvalue weighted by Gasteiger charge is -2.45. The number of rotatable bonds is 8. The Kier molecular flexibility index (Phi) is 8.48. The highest BCUT2D eigenvalue weighted by atomic mass is 28.4. The summed E-state index contributed by atoms with van der Waals surface area (Å²) in [6, 6.07) is 30.6. The summed E-state index contributed by atoms with van der Waals surface area (Å²) in [5, 5.41) is 5.20. The molecule has 0 radical (unpaired) electrons. The zero-order chi connectivity index (χ0) is 24.6. The molecule has 2 atom stereocenters. The Labute approximate surface area is 204 Å². The van der Waals surface area contributed by atoms with Crippen molar-refractivity contribution < 1.29 is 14.0 Å². The largest absolute Gasteiger partial charge is 0.453 e. The predicted molar refractivity (Wildman–Crippen MR) is 143 cm³/mol. The fraction of sp³-hybridized carbons (Fsp3) is 0.276. The van der Waals surface area contributed by atoms with Gasteiger partial charge in [-0.2, -0.15) is 0 Å². The van der Waals surface area contributed by atoms with Gasteiger partial charge in [-0.1, -0.05) is 124 Å². The topological polar surface area (TPSA) is 47.6 Å². The summed E-state index contributed by atoms with van der Waals surface area (Å²) < 4.78 is 12.1. The molecule has 0 aliphatic heterocycles. The van der Waals surface area contributed by atoms with Crippen LogP contribution in [-0.4, -0.2) is 33.7 Å². The third-order valence-corrected chi connectivity index (χ3v) is 11.2. The minimum atomic E-state index is -2.77. The van der Waals surface area contributed by atoms with Crippen LogP contribution in [0.5, 0.6) is 0 Å². The van der Waals surface area contributed by atoms with Crippen molar-refractivity contribution in [3.05, 3.63) is 103 Å². The van der Waals surface area contributed by atoms with Crippen LogP contribution in [0.3, 0.4) is 0 Å². The summed E-state index contributed by atoms with van der Waals surface area (Å²) in [6.45, 7) is 8.76. The van der Waals surface area contributed by atoms with E-state index in [1.165, 1.54) is 17.5 Å². The molecule has 0 unspecified atom stereocenters. The average Bonchev–Trinajstić information content (AvgIpc) is 2.85. The molecule has 0 heterocycles. The summed E-state index contributed by atoms with van der Waals surface area (Å²) in [5.41, 5.74) is 1.05. The molecule has 0 aromatic heterocycles. The van der Waals surface area contributed by atoms with Crippen LogP contribution in [0.25, 0.3) is 6.08 Å². The minimum absolute atomic E-state index is 0.164. The average molecular weight is 474 g/mol. The molecular weight excluding hydrogens is 438 g/mol. The van der Waals surface area contributed by atoms with E-state index < -0.39 is 14.4 Å². The lowest BCUT2D eigenvalue weighted by atomic mass is 10.1. The fourth-order valence-electron chi connectivity index (χ4n) is 4.34. The lowest BCUT2D eigenvalue weighted by molar-refractivity contribution is 0.144. The van der Waals surface area contributed by atoms with Crippen molar-refractivity contribution in [3.63, 3.8) is 0 Å². The molecule has 0 saturated carbocycles. The molecule has 1 amide bonds. The number of hydrogen-bond acceptors (Lipinski definition) is 3. The molecule has 1 N–H and O–H groups in total. The van der Waals surface area contributed by atoms with Gasteiger partial charge >= 0.3 is 6.09 Å². The molecule has 0 saturated heterocycles. The van der Waals surface area contributed by atoms with Crippen molar-refractivity contribution in [2.24, 2.45) is 0 Å². The Bertz CT molecular complexity index is 1020. The standard InChI is InChI=1S/C29H35NO3Si/c1-23(27(30-28(31)32-5)22-21-24-15-9-6-10-16-24)33-34(29(2,3)4,25-17-11-7-12-18-25)26-19-13-8-14-20-26/h6-23,27H,1-5H3,(H,30,31)/b22-21+/t23-,27+/m0/s1. The van der Waals surface area contributed by atoms with Crippen molar-refractivity contribution >= 4 is 30.9 Å². The number of hydrogen-bond donors (Lipinski definition) is 1. The van der Waals surface area contributed by atoms with E-state index in [4.69, 9.17) is 9.16 Å². The minimum Gasteiger partial charge on any atom is -0.453 e. The zero-order valence-corrected chi connectivity index (χ0v) is 21.7. The van der Waals surface area contributed by atoms with Crippen LogP contribution in [0, 0.1) is 0 Å². The molecular formula is C29H35NO3Si. The summed E-state index contributed by atoms with van der Waals surface area (Å²) >= 11 is 0. The Morgan fingerprint density at radius 1 is 0.853 bits per heavy atom. The summed E-state index contributed by atoms with van der Waals surface area (Å²) in [4.78, 5) is 12.2. The van der Waals surface area contributed by atoms with Gasteiger partial charge in [-0.3, -0.25) is 0 Å². The quantitative estimate of drug-likeness (QED) is 0.446. The van der Waals surface area contributed by atoms with E-state index in [2.05, 4.69) is 74.6 Å². The third kappa shape index (κ3) is 5.85. The summed E-state index contributed by atoms with van der Waals surface area (Å²) in [5.74, 6) is 0. The van der Waals surface area contributed by atoms with E-state index in [-0.39, 0.29) is 17.2 Å². The van der Waals surface area contributed by atoms with Crippen LogP contribution in [0.15, 0.2) is 97.1 Å². The first kappa shape index (κ1) is 25.5. The molecule has 0 spiro atoms. The van der Waals surface area contributed by atoms with Crippen molar-refractivity contribution in [2.75, 3.05) is 7.11 Å². The molecule has 0 aliphatic carbocycles. The van der Waals surface area contributed by atoms with Gasteiger partial charge in [0.05, 0.1) is 19.3 Å². The van der Waals surface area contributed by atoms with Gasteiger partial charge in [0.25, 0.3) is 8.32 Å². The van der Waals surface area contributed by atoms with Crippen molar-refractivity contribution in [1.82, 2.24) is 5.32 Å². The Morgan fingerprint density at radius 3 is 1.76 bits per heavy atom. The van der Waals surface area contributed by atoms with Crippen molar-refractivity contribution in [3.8, 4) is 0 Å². The second-order valence-electron chi connectivity index (χ2n) is 9.42. The van der Waals surface area contributed by atoms with Crippen LogP contribution >= 0.6 is 0 Å². The van der Waals surface area contributed by atoms with Crippen LogP contribution < -0.4 is 15.7 Å². The van der Waals surface area contributed by atoms with Crippen LogP contribution in [0.4, 0.5) is 4.79 Å². The molecule has 0 aliphatic rings. The van der Waals surface area contributed by atoms with E-state index in [9.17, 15) is 4.79 Å². The zero-order valence-electron chi connectivity index (χ0n) is 20.7. The van der Waals surface area contributed by atoms with E-state index in [1.807, 2.05) is 61.5 Å². The summed E-state index contributed by atoms with van der Waals surface area (Å²) in [6.07, 6.45) is 3.19. The first-order valence-corrected chi connectivity index (χ1v) is 13.6. The molecule has 178 valence electrons. The monoisotopic (exact) mass is 473 g/mol. The van der Waals surface area contributed by atoms with E-state index in [0.717, 1.165) is 5.56 Å².